The lowest BCUT2D eigenvalue weighted by molar-refractivity contribution is 0.0319. The predicted octanol–water partition coefficient (Wildman–Crippen LogP) is 4.73. The standard InChI is InChI=1S/C17H14Cl2O3/c1-10-6-8-12(9-7-10)16(20)11(2)22-17(21)15-13(18)4-3-5-14(15)19/h3-9,11H,1-2H3/t11-/m1/s1. The van der Waals surface area contributed by atoms with Crippen LogP contribution in [0, 0.1) is 6.92 Å². The number of hydrogen-bond donors (Lipinski definition) is 0. The number of halogens is 2. The minimum atomic E-state index is -0.928. The fraction of sp³-hybridized carbons (Fsp3) is 0.176. The van der Waals surface area contributed by atoms with Crippen LogP contribution in [0.5, 0.6) is 0 Å². The Morgan fingerprint density at radius 1 is 1.00 bits per heavy atom. The first-order chi connectivity index (χ1) is 10.4. The van der Waals surface area contributed by atoms with Gasteiger partial charge in [-0.1, -0.05) is 59.1 Å². The summed E-state index contributed by atoms with van der Waals surface area (Å²) < 4.78 is 5.19. The summed E-state index contributed by atoms with van der Waals surface area (Å²) >= 11 is 11.9. The van der Waals surface area contributed by atoms with Crippen molar-refractivity contribution >= 4 is 35.0 Å². The number of carbonyl (C=O) groups is 2. The van der Waals surface area contributed by atoms with Crippen molar-refractivity contribution < 1.29 is 14.3 Å². The van der Waals surface area contributed by atoms with Gasteiger partial charge in [0.2, 0.25) is 5.78 Å². The van der Waals surface area contributed by atoms with Crippen LogP contribution in [0.25, 0.3) is 0 Å². The fourth-order valence-corrected chi connectivity index (χ4v) is 2.47. The SMILES string of the molecule is Cc1ccc(C(=O)[C@@H](C)OC(=O)c2c(Cl)cccc2Cl)cc1. The molecule has 0 bridgehead atoms. The van der Waals surface area contributed by atoms with Crippen LogP contribution in [0.2, 0.25) is 10.0 Å². The van der Waals surface area contributed by atoms with Gasteiger partial charge in [0, 0.05) is 5.56 Å². The summed E-state index contributed by atoms with van der Waals surface area (Å²) in [5, 5.41) is 0.375. The lowest BCUT2D eigenvalue weighted by Crippen LogP contribution is -2.24. The minimum absolute atomic E-state index is 0.0642. The Labute approximate surface area is 138 Å². The molecular weight excluding hydrogens is 323 g/mol. The minimum Gasteiger partial charge on any atom is -0.451 e. The zero-order valence-corrected chi connectivity index (χ0v) is 13.6. The van der Waals surface area contributed by atoms with E-state index in [1.54, 1.807) is 18.2 Å². The third-order valence-corrected chi connectivity index (χ3v) is 3.79. The first-order valence-corrected chi connectivity index (χ1v) is 7.41. The molecule has 2 aromatic rings. The Balaban J connectivity index is 2.14. The molecule has 0 radical (unpaired) electrons. The molecule has 2 aromatic carbocycles. The van der Waals surface area contributed by atoms with Crippen LogP contribution in [-0.2, 0) is 4.74 Å². The second kappa shape index (κ2) is 6.95. The number of rotatable bonds is 4. The van der Waals surface area contributed by atoms with Crippen molar-refractivity contribution in [3.05, 3.63) is 69.2 Å². The van der Waals surface area contributed by atoms with Gasteiger partial charge in [-0.05, 0) is 26.0 Å². The molecule has 114 valence electrons. The summed E-state index contributed by atoms with van der Waals surface area (Å²) in [6, 6.07) is 11.8. The molecular formula is C17H14Cl2O3. The van der Waals surface area contributed by atoms with Gasteiger partial charge >= 0.3 is 5.97 Å². The van der Waals surface area contributed by atoms with Crippen molar-refractivity contribution in [3.63, 3.8) is 0 Å². The molecule has 0 unspecified atom stereocenters. The number of carbonyl (C=O) groups excluding carboxylic acids is 2. The Morgan fingerprint density at radius 3 is 2.09 bits per heavy atom. The summed E-state index contributed by atoms with van der Waals surface area (Å²) in [5.74, 6) is -1.000. The molecule has 22 heavy (non-hydrogen) atoms. The summed E-state index contributed by atoms with van der Waals surface area (Å²) in [7, 11) is 0. The molecule has 5 heteroatoms. The Kier molecular flexibility index (Phi) is 5.22. The average Bonchev–Trinajstić information content (AvgIpc) is 2.47. The zero-order valence-electron chi connectivity index (χ0n) is 12.1. The second-order valence-corrected chi connectivity index (χ2v) is 5.69. The van der Waals surface area contributed by atoms with Crippen LogP contribution in [-0.4, -0.2) is 17.9 Å². The molecule has 0 saturated heterocycles. The van der Waals surface area contributed by atoms with E-state index >= 15 is 0 Å². The Hall–Kier alpha value is -1.84. The van der Waals surface area contributed by atoms with Crippen LogP contribution in [0.15, 0.2) is 42.5 Å². The molecule has 0 aliphatic heterocycles. The number of esters is 1. The molecule has 0 spiro atoms. The van der Waals surface area contributed by atoms with Crippen molar-refractivity contribution in [3.8, 4) is 0 Å². The Morgan fingerprint density at radius 2 is 1.55 bits per heavy atom. The van der Waals surface area contributed by atoms with Crippen molar-refractivity contribution in [2.75, 3.05) is 0 Å². The summed E-state index contributed by atoms with van der Waals surface area (Å²) in [4.78, 5) is 24.4. The first-order valence-electron chi connectivity index (χ1n) is 6.66. The Bertz CT molecular complexity index is 688. The van der Waals surface area contributed by atoms with Crippen LogP contribution < -0.4 is 0 Å². The fourth-order valence-electron chi connectivity index (χ4n) is 1.92. The largest absolute Gasteiger partial charge is 0.451 e. The van der Waals surface area contributed by atoms with Gasteiger partial charge in [-0.2, -0.15) is 0 Å². The second-order valence-electron chi connectivity index (χ2n) is 4.87. The number of benzene rings is 2. The molecule has 0 aliphatic carbocycles. The van der Waals surface area contributed by atoms with Gasteiger partial charge in [0.15, 0.2) is 6.10 Å². The van der Waals surface area contributed by atoms with Gasteiger partial charge in [0.05, 0.1) is 15.6 Å². The van der Waals surface area contributed by atoms with E-state index in [2.05, 4.69) is 0 Å². The quantitative estimate of drug-likeness (QED) is 0.598. The van der Waals surface area contributed by atoms with Crippen LogP contribution in [0.3, 0.4) is 0 Å². The molecule has 3 nitrogen and oxygen atoms in total. The van der Waals surface area contributed by atoms with E-state index in [4.69, 9.17) is 27.9 Å². The molecule has 0 fully saturated rings. The molecule has 2 rings (SSSR count). The number of Topliss-reactive ketones (excluding diaryl/α,β-unsaturated/α-hetero) is 1. The van der Waals surface area contributed by atoms with Crippen LogP contribution >= 0.6 is 23.2 Å². The van der Waals surface area contributed by atoms with E-state index in [0.29, 0.717) is 5.56 Å². The van der Waals surface area contributed by atoms with E-state index in [1.165, 1.54) is 19.1 Å². The number of ketones is 1. The topological polar surface area (TPSA) is 43.4 Å². The maximum Gasteiger partial charge on any atom is 0.341 e. The smallest absolute Gasteiger partial charge is 0.341 e. The lowest BCUT2D eigenvalue weighted by atomic mass is 10.1. The van der Waals surface area contributed by atoms with E-state index in [1.807, 2.05) is 19.1 Å². The highest BCUT2D eigenvalue weighted by Gasteiger charge is 2.23. The van der Waals surface area contributed by atoms with E-state index in [9.17, 15) is 9.59 Å². The van der Waals surface area contributed by atoms with Gasteiger partial charge < -0.3 is 4.74 Å². The van der Waals surface area contributed by atoms with Crippen molar-refractivity contribution in [2.45, 2.75) is 20.0 Å². The average molecular weight is 337 g/mol. The summed E-state index contributed by atoms with van der Waals surface area (Å²) in [5.41, 5.74) is 1.59. The highest BCUT2D eigenvalue weighted by atomic mass is 35.5. The van der Waals surface area contributed by atoms with Crippen molar-refractivity contribution in [1.29, 1.82) is 0 Å². The highest BCUT2D eigenvalue weighted by molar-refractivity contribution is 6.39. The maximum absolute atomic E-state index is 12.2. The summed E-state index contributed by atoms with van der Waals surface area (Å²) in [6.45, 7) is 3.45. The highest BCUT2D eigenvalue weighted by Crippen LogP contribution is 2.25. The van der Waals surface area contributed by atoms with Gasteiger partial charge in [-0.25, -0.2) is 4.79 Å². The normalized spacial score (nSPS) is 11.8. The van der Waals surface area contributed by atoms with Gasteiger partial charge in [0.1, 0.15) is 0 Å². The molecule has 0 aliphatic rings. The van der Waals surface area contributed by atoms with Gasteiger partial charge in [-0.3, -0.25) is 4.79 Å². The van der Waals surface area contributed by atoms with Crippen LogP contribution in [0.4, 0.5) is 0 Å². The molecule has 0 N–H and O–H groups in total. The first kappa shape index (κ1) is 16.5. The molecule has 0 amide bonds. The molecule has 0 heterocycles. The molecule has 1 atom stereocenters. The lowest BCUT2D eigenvalue weighted by Gasteiger charge is -2.14. The number of ether oxygens (including phenoxy) is 1. The van der Waals surface area contributed by atoms with E-state index in [-0.39, 0.29) is 21.4 Å². The number of hydrogen-bond acceptors (Lipinski definition) is 3. The van der Waals surface area contributed by atoms with Crippen molar-refractivity contribution in [1.82, 2.24) is 0 Å². The molecule has 0 saturated carbocycles. The third kappa shape index (κ3) is 3.67. The number of aryl methyl sites for hydroxylation is 1. The zero-order chi connectivity index (χ0) is 16.3. The van der Waals surface area contributed by atoms with Gasteiger partial charge in [-0.15, -0.1) is 0 Å². The molecule has 0 aromatic heterocycles. The third-order valence-electron chi connectivity index (χ3n) is 3.16. The van der Waals surface area contributed by atoms with Crippen LogP contribution in [0.1, 0.15) is 33.2 Å². The van der Waals surface area contributed by atoms with E-state index in [0.717, 1.165) is 5.56 Å². The summed E-state index contributed by atoms with van der Waals surface area (Å²) in [6.07, 6.45) is -0.928. The predicted molar refractivity (Wildman–Crippen MR) is 86.8 cm³/mol. The maximum atomic E-state index is 12.2. The van der Waals surface area contributed by atoms with Crippen molar-refractivity contribution in [2.24, 2.45) is 0 Å². The van der Waals surface area contributed by atoms with E-state index < -0.39 is 12.1 Å². The van der Waals surface area contributed by atoms with Gasteiger partial charge in [0.25, 0.3) is 0 Å². The monoisotopic (exact) mass is 336 g/mol.